The number of rotatable bonds is 1. The molecule has 0 amide bonds. The van der Waals surface area contributed by atoms with Gasteiger partial charge in [0, 0.05) is 10.5 Å². The van der Waals surface area contributed by atoms with Crippen molar-refractivity contribution in [3.63, 3.8) is 0 Å². The Balaban J connectivity index is 1.88. The molecule has 5 aliphatic rings. The van der Waals surface area contributed by atoms with Crippen LogP contribution in [0.5, 0.6) is 0 Å². The SMILES string of the molecule is CC1CC2C3CC4(N=[N+]=[N-])CC(C(C)C2(C)C4)C3(C)C1. The van der Waals surface area contributed by atoms with Crippen LogP contribution in [-0.2, 0) is 0 Å². The van der Waals surface area contributed by atoms with Crippen molar-refractivity contribution in [3.8, 4) is 0 Å². The Morgan fingerprint density at radius 2 is 1.70 bits per heavy atom. The van der Waals surface area contributed by atoms with Crippen LogP contribution in [0.15, 0.2) is 5.11 Å². The molecule has 0 radical (unpaired) electrons. The molecule has 0 aliphatic heterocycles. The molecule has 20 heavy (non-hydrogen) atoms. The second kappa shape index (κ2) is 3.55. The zero-order valence-electron chi connectivity index (χ0n) is 13.3. The van der Waals surface area contributed by atoms with Gasteiger partial charge in [0.15, 0.2) is 0 Å². The average Bonchev–Trinajstić information content (AvgIpc) is 2.36. The van der Waals surface area contributed by atoms with Crippen molar-refractivity contribution >= 4 is 0 Å². The van der Waals surface area contributed by atoms with Crippen molar-refractivity contribution in [2.45, 2.75) is 65.3 Å². The fourth-order valence-electron chi connectivity index (χ4n) is 7.61. The fraction of sp³-hybridized carbons (Fsp3) is 1.00. The van der Waals surface area contributed by atoms with E-state index < -0.39 is 0 Å². The number of hydrogen-bond donors (Lipinski definition) is 0. The Morgan fingerprint density at radius 1 is 1.00 bits per heavy atom. The van der Waals surface area contributed by atoms with E-state index in [4.69, 9.17) is 5.53 Å². The standard InChI is InChI=1S/C17H27N3/c1-10-5-12-14-8-17(19-20-18)7-13(15(14,3)6-10)11(2)16(12,4)9-17/h10-14H,5-9H2,1-4H3. The quantitative estimate of drug-likeness (QED) is 0.359. The zero-order chi connectivity index (χ0) is 14.3. The van der Waals surface area contributed by atoms with E-state index in [1.54, 1.807) is 0 Å². The van der Waals surface area contributed by atoms with E-state index in [2.05, 4.69) is 37.7 Å². The van der Waals surface area contributed by atoms with Crippen molar-refractivity contribution in [1.82, 2.24) is 0 Å². The summed E-state index contributed by atoms with van der Waals surface area (Å²) in [7, 11) is 0. The van der Waals surface area contributed by atoms with Gasteiger partial charge in [-0.05, 0) is 78.1 Å². The summed E-state index contributed by atoms with van der Waals surface area (Å²) in [6.07, 6.45) is 6.27. The molecule has 8 atom stereocenters. The average molecular weight is 273 g/mol. The Bertz CT molecular complexity index is 498. The first-order chi connectivity index (χ1) is 9.35. The van der Waals surface area contributed by atoms with Gasteiger partial charge in [0.2, 0.25) is 0 Å². The highest BCUT2D eigenvalue weighted by Crippen LogP contribution is 2.76. The molecule has 5 fully saturated rings. The molecule has 6 bridgehead atoms. The van der Waals surface area contributed by atoms with Crippen molar-refractivity contribution in [3.05, 3.63) is 10.4 Å². The molecule has 110 valence electrons. The van der Waals surface area contributed by atoms with E-state index in [1.165, 1.54) is 19.3 Å². The molecule has 3 nitrogen and oxygen atoms in total. The number of hydrogen-bond acceptors (Lipinski definition) is 1. The predicted octanol–water partition coefficient (Wildman–Crippen LogP) is 5.17. The lowest BCUT2D eigenvalue weighted by Crippen LogP contribution is -2.70. The summed E-state index contributed by atoms with van der Waals surface area (Å²) in [6, 6.07) is 0. The predicted molar refractivity (Wildman–Crippen MR) is 80.0 cm³/mol. The van der Waals surface area contributed by atoms with E-state index in [0.717, 1.165) is 42.4 Å². The lowest BCUT2D eigenvalue weighted by molar-refractivity contribution is -0.251. The van der Waals surface area contributed by atoms with Gasteiger partial charge in [-0.25, -0.2) is 0 Å². The third kappa shape index (κ3) is 1.27. The van der Waals surface area contributed by atoms with Crippen molar-refractivity contribution in [1.29, 1.82) is 0 Å². The molecular weight excluding hydrogens is 246 g/mol. The topological polar surface area (TPSA) is 48.8 Å². The van der Waals surface area contributed by atoms with Gasteiger partial charge < -0.3 is 0 Å². The second-order valence-electron chi connectivity index (χ2n) is 9.16. The summed E-state index contributed by atoms with van der Waals surface area (Å²) < 4.78 is 0. The van der Waals surface area contributed by atoms with Gasteiger partial charge >= 0.3 is 0 Å². The summed E-state index contributed by atoms with van der Waals surface area (Å²) in [4.78, 5) is 3.24. The van der Waals surface area contributed by atoms with Crippen molar-refractivity contribution in [2.75, 3.05) is 0 Å². The van der Waals surface area contributed by atoms with Crippen LogP contribution in [0.2, 0.25) is 0 Å². The highest BCUT2D eigenvalue weighted by Gasteiger charge is 2.71. The van der Waals surface area contributed by atoms with Gasteiger partial charge in [0.05, 0.1) is 0 Å². The normalized spacial score (nSPS) is 63.1. The third-order valence-corrected chi connectivity index (χ3v) is 8.28. The van der Waals surface area contributed by atoms with Crippen LogP contribution in [-0.4, -0.2) is 5.54 Å². The lowest BCUT2D eigenvalue weighted by Gasteiger charge is -2.75. The number of azide groups is 1. The minimum Gasteiger partial charge on any atom is -0.0872 e. The van der Waals surface area contributed by atoms with Crippen LogP contribution in [0.25, 0.3) is 10.4 Å². The number of nitrogens with zero attached hydrogens (tertiary/aromatic N) is 3. The van der Waals surface area contributed by atoms with E-state index in [0.29, 0.717) is 10.8 Å². The molecule has 5 rings (SSSR count). The lowest BCUT2D eigenvalue weighted by atomic mass is 9.30. The molecule has 0 heterocycles. The summed E-state index contributed by atoms with van der Waals surface area (Å²) in [5.41, 5.74) is 9.92. The van der Waals surface area contributed by atoms with Gasteiger partial charge in [-0.2, -0.15) is 0 Å². The summed E-state index contributed by atoms with van der Waals surface area (Å²) in [5, 5.41) is 4.35. The molecular formula is C17H27N3. The molecule has 8 unspecified atom stereocenters. The minimum atomic E-state index is -0.0398. The van der Waals surface area contributed by atoms with Gasteiger partial charge in [-0.1, -0.05) is 32.8 Å². The van der Waals surface area contributed by atoms with E-state index in [-0.39, 0.29) is 5.54 Å². The zero-order valence-corrected chi connectivity index (χ0v) is 13.3. The van der Waals surface area contributed by atoms with Crippen molar-refractivity contribution < 1.29 is 0 Å². The first-order valence-corrected chi connectivity index (χ1v) is 8.41. The molecule has 0 aromatic heterocycles. The smallest absolute Gasteiger partial charge is 0.0499 e. The molecule has 0 aromatic rings. The molecule has 0 spiro atoms. The van der Waals surface area contributed by atoms with E-state index in [1.807, 2.05) is 0 Å². The Hall–Kier alpha value is -0.690. The van der Waals surface area contributed by atoms with Crippen LogP contribution in [0.4, 0.5) is 0 Å². The Labute approximate surface area is 122 Å². The van der Waals surface area contributed by atoms with Gasteiger partial charge in [-0.3, -0.25) is 0 Å². The monoisotopic (exact) mass is 273 g/mol. The van der Waals surface area contributed by atoms with Gasteiger partial charge in [0.25, 0.3) is 0 Å². The summed E-state index contributed by atoms with van der Waals surface area (Å²) in [5.74, 6) is 4.11. The van der Waals surface area contributed by atoms with Crippen LogP contribution in [0, 0.1) is 40.4 Å². The maximum absolute atomic E-state index is 9.04. The first-order valence-electron chi connectivity index (χ1n) is 8.41. The Morgan fingerprint density at radius 3 is 2.40 bits per heavy atom. The van der Waals surface area contributed by atoms with Crippen LogP contribution in [0.3, 0.4) is 0 Å². The Kier molecular flexibility index (Phi) is 2.31. The first kappa shape index (κ1) is 13.0. The van der Waals surface area contributed by atoms with E-state index in [9.17, 15) is 0 Å². The maximum Gasteiger partial charge on any atom is 0.0499 e. The van der Waals surface area contributed by atoms with Crippen LogP contribution >= 0.6 is 0 Å². The van der Waals surface area contributed by atoms with Crippen LogP contribution < -0.4 is 0 Å². The van der Waals surface area contributed by atoms with Crippen molar-refractivity contribution in [2.24, 2.45) is 45.5 Å². The largest absolute Gasteiger partial charge is 0.0872 e. The molecule has 0 aromatic carbocycles. The van der Waals surface area contributed by atoms with Gasteiger partial charge in [0.1, 0.15) is 0 Å². The second-order valence-corrected chi connectivity index (χ2v) is 9.16. The van der Waals surface area contributed by atoms with Gasteiger partial charge in [-0.15, -0.1) is 0 Å². The van der Waals surface area contributed by atoms with E-state index >= 15 is 0 Å². The highest BCUT2D eigenvalue weighted by atomic mass is 15.2. The molecule has 3 heteroatoms. The summed E-state index contributed by atoms with van der Waals surface area (Å²) in [6.45, 7) is 10.0. The molecule has 5 aliphatic carbocycles. The highest BCUT2D eigenvalue weighted by molar-refractivity contribution is 5.22. The fourth-order valence-corrected chi connectivity index (χ4v) is 7.61. The van der Waals surface area contributed by atoms with Crippen LogP contribution in [0.1, 0.15) is 59.8 Å². The molecule has 0 N–H and O–H groups in total. The summed E-state index contributed by atoms with van der Waals surface area (Å²) >= 11 is 0. The molecule has 5 saturated carbocycles. The molecule has 0 saturated heterocycles. The third-order valence-electron chi connectivity index (χ3n) is 8.28. The maximum atomic E-state index is 9.04. The minimum absolute atomic E-state index is 0.0398.